The lowest BCUT2D eigenvalue weighted by molar-refractivity contribution is 0.370. The maximum absolute atomic E-state index is 14.2. The fourth-order valence-electron chi connectivity index (χ4n) is 2.33. The standard InChI is InChI=1S/C15H12ClFN2OS/c1-3-4-20-14-6-13(11(17)5-10(14)16)19-7-12-15(8-19)21-9(2)18-12/h1,5-6H,4,7-8H2,2H3. The molecule has 0 unspecified atom stereocenters. The number of terminal acetylenes is 1. The summed E-state index contributed by atoms with van der Waals surface area (Å²) in [6, 6.07) is 2.85. The maximum atomic E-state index is 14.2. The molecule has 0 spiro atoms. The smallest absolute Gasteiger partial charge is 0.148 e. The van der Waals surface area contributed by atoms with Crippen LogP contribution in [0, 0.1) is 25.1 Å². The van der Waals surface area contributed by atoms with E-state index in [1.165, 1.54) is 10.9 Å². The second-order valence-electron chi connectivity index (χ2n) is 4.69. The lowest BCUT2D eigenvalue weighted by Gasteiger charge is -2.20. The van der Waals surface area contributed by atoms with Crippen LogP contribution in [0.1, 0.15) is 15.6 Å². The fourth-order valence-corrected chi connectivity index (χ4v) is 3.50. The Labute approximate surface area is 131 Å². The van der Waals surface area contributed by atoms with Gasteiger partial charge < -0.3 is 9.64 Å². The molecule has 2 heterocycles. The number of halogens is 2. The highest BCUT2D eigenvalue weighted by atomic mass is 35.5. The molecule has 2 aromatic rings. The number of rotatable bonds is 3. The summed E-state index contributed by atoms with van der Waals surface area (Å²) in [4.78, 5) is 7.55. The monoisotopic (exact) mass is 322 g/mol. The molecule has 21 heavy (non-hydrogen) atoms. The van der Waals surface area contributed by atoms with Crippen molar-refractivity contribution in [2.75, 3.05) is 11.5 Å². The Bertz CT molecular complexity index is 715. The van der Waals surface area contributed by atoms with Crippen molar-refractivity contribution in [3.63, 3.8) is 0 Å². The summed E-state index contributed by atoms with van der Waals surface area (Å²) in [6.45, 7) is 3.31. The molecule has 0 bridgehead atoms. The van der Waals surface area contributed by atoms with Crippen molar-refractivity contribution >= 4 is 28.6 Å². The highest BCUT2D eigenvalue weighted by Crippen LogP contribution is 2.37. The van der Waals surface area contributed by atoms with Gasteiger partial charge in [-0.15, -0.1) is 17.8 Å². The summed E-state index contributed by atoms with van der Waals surface area (Å²) in [7, 11) is 0. The molecule has 0 radical (unpaired) electrons. The zero-order valence-corrected chi connectivity index (χ0v) is 12.9. The van der Waals surface area contributed by atoms with Gasteiger partial charge in [-0.1, -0.05) is 17.5 Å². The van der Waals surface area contributed by atoms with Gasteiger partial charge in [0.1, 0.15) is 18.2 Å². The van der Waals surface area contributed by atoms with E-state index in [1.54, 1.807) is 17.4 Å². The molecule has 0 fully saturated rings. The minimum atomic E-state index is -0.375. The van der Waals surface area contributed by atoms with Gasteiger partial charge in [0.25, 0.3) is 0 Å². The average Bonchev–Trinajstić information content (AvgIpc) is 2.94. The van der Waals surface area contributed by atoms with Gasteiger partial charge in [-0.25, -0.2) is 9.37 Å². The summed E-state index contributed by atoms with van der Waals surface area (Å²) in [5, 5.41) is 1.25. The molecular formula is C15H12ClFN2OS. The number of hydrogen-bond acceptors (Lipinski definition) is 4. The third-order valence-electron chi connectivity index (χ3n) is 3.21. The number of fused-ring (bicyclic) bond motifs is 1. The van der Waals surface area contributed by atoms with Crippen LogP contribution in [-0.2, 0) is 13.1 Å². The first-order chi connectivity index (χ1) is 10.1. The number of nitrogens with zero attached hydrogens (tertiary/aromatic N) is 2. The van der Waals surface area contributed by atoms with Crippen LogP contribution in [0.2, 0.25) is 5.02 Å². The highest BCUT2D eigenvalue weighted by Gasteiger charge is 2.25. The van der Waals surface area contributed by atoms with Crippen LogP contribution in [-0.4, -0.2) is 11.6 Å². The predicted octanol–water partition coefficient (Wildman–Crippen LogP) is 3.78. The number of benzene rings is 1. The van der Waals surface area contributed by atoms with E-state index in [1.807, 2.05) is 11.8 Å². The van der Waals surface area contributed by atoms with E-state index in [0.29, 0.717) is 24.5 Å². The van der Waals surface area contributed by atoms with E-state index >= 15 is 0 Å². The molecule has 0 saturated carbocycles. The van der Waals surface area contributed by atoms with E-state index in [2.05, 4.69) is 10.9 Å². The van der Waals surface area contributed by atoms with Crippen molar-refractivity contribution in [2.24, 2.45) is 0 Å². The molecule has 0 aliphatic carbocycles. The molecule has 0 N–H and O–H groups in total. The molecule has 0 saturated heterocycles. The van der Waals surface area contributed by atoms with E-state index < -0.39 is 0 Å². The Morgan fingerprint density at radius 2 is 2.33 bits per heavy atom. The quantitative estimate of drug-likeness (QED) is 0.804. The molecule has 1 aliphatic rings. The van der Waals surface area contributed by atoms with E-state index in [4.69, 9.17) is 22.8 Å². The summed E-state index contributed by atoms with van der Waals surface area (Å²) in [6.07, 6.45) is 5.16. The lowest BCUT2D eigenvalue weighted by atomic mass is 10.2. The van der Waals surface area contributed by atoms with Crippen molar-refractivity contribution in [3.05, 3.63) is 38.6 Å². The third kappa shape index (κ3) is 2.69. The summed E-state index contributed by atoms with van der Waals surface area (Å²) < 4.78 is 19.5. The van der Waals surface area contributed by atoms with Crippen molar-refractivity contribution in [3.8, 4) is 18.1 Å². The van der Waals surface area contributed by atoms with Gasteiger partial charge in [-0.05, 0) is 13.0 Å². The van der Waals surface area contributed by atoms with Crippen LogP contribution in [0.3, 0.4) is 0 Å². The van der Waals surface area contributed by atoms with Gasteiger partial charge in [0.2, 0.25) is 0 Å². The molecule has 0 amide bonds. The Hall–Kier alpha value is -1.77. The first-order valence-corrected chi connectivity index (χ1v) is 7.53. The van der Waals surface area contributed by atoms with Gasteiger partial charge in [-0.2, -0.15) is 0 Å². The van der Waals surface area contributed by atoms with Gasteiger partial charge in [0, 0.05) is 10.9 Å². The second-order valence-corrected chi connectivity index (χ2v) is 6.38. The van der Waals surface area contributed by atoms with Crippen LogP contribution in [0.4, 0.5) is 10.1 Å². The number of hydrogen-bond donors (Lipinski definition) is 0. The Morgan fingerprint density at radius 1 is 1.52 bits per heavy atom. The molecule has 3 rings (SSSR count). The largest absolute Gasteiger partial charge is 0.479 e. The van der Waals surface area contributed by atoms with Crippen molar-refractivity contribution in [1.82, 2.24) is 4.98 Å². The zero-order valence-electron chi connectivity index (χ0n) is 11.3. The third-order valence-corrected chi connectivity index (χ3v) is 4.51. The minimum Gasteiger partial charge on any atom is -0.479 e. The lowest BCUT2D eigenvalue weighted by Crippen LogP contribution is -2.16. The first kappa shape index (κ1) is 14.2. The molecule has 108 valence electrons. The number of aryl methyl sites for hydroxylation is 1. The fraction of sp³-hybridized carbons (Fsp3) is 0.267. The van der Waals surface area contributed by atoms with Crippen LogP contribution in [0.15, 0.2) is 12.1 Å². The second kappa shape index (κ2) is 5.55. The maximum Gasteiger partial charge on any atom is 0.148 e. The highest BCUT2D eigenvalue weighted by molar-refractivity contribution is 7.11. The van der Waals surface area contributed by atoms with Gasteiger partial charge >= 0.3 is 0 Å². The summed E-state index contributed by atoms with van der Waals surface area (Å²) >= 11 is 7.61. The Morgan fingerprint density at radius 3 is 3.05 bits per heavy atom. The molecule has 0 atom stereocenters. The van der Waals surface area contributed by atoms with Gasteiger partial charge in [-0.3, -0.25) is 0 Å². The number of thiazole rings is 1. The Kier molecular flexibility index (Phi) is 3.75. The molecule has 6 heteroatoms. The zero-order chi connectivity index (χ0) is 15.0. The van der Waals surface area contributed by atoms with Crippen molar-refractivity contribution in [2.45, 2.75) is 20.0 Å². The summed E-state index contributed by atoms with van der Waals surface area (Å²) in [5.74, 6) is 2.39. The predicted molar refractivity (Wildman–Crippen MR) is 82.5 cm³/mol. The van der Waals surface area contributed by atoms with Crippen molar-refractivity contribution < 1.29 is 9.13 Å². The SMILES string of the molecule is C#CCOc1cc(N2Cc3nc(C)sc3C2)c(F)cc1Cl. The topological polar surface area (TPSA) is 25.4 Å². The van der Waals surface area contributed by atoms with Crippen LogP contribution >= 0.6 is 22.9 Å². The van der Waals surface area contributed by atoms with Gasteiger partial charge in [0.15, 0.2) is 0 Å². The number of aromatic nitrogens is 1. The molecule has 3 nitrogen and oxygen atoms in total. The normalized spacial score (nSPS) is 13.1. The minimum absolute atomic E-state index is 0.0961. The molecule has 1 aromatic heterocycles. The first-order valence-electron chi connectivity index (χ1n) is 6.34. The number of ether oxygens (including phenoxy) is 1. The van der Waals surface area contributed by atoms with Crippen molar-refractivity contribution in [1.29, 1.82) is 0 Å². The molecular weight excluding hydrogens is 311 g/mol. The Balaban J connectivity index is 1.89. The van der Waals surface area contributed by atoms with E-state index in [0.717, 1.165) is 10.7 Å². The average molecular weight is 323 g/mol. The van der Waals surface area contributed by atoms with E-state index in [-0.39, 0.29) is 17.4 Å². The summed E-state index contributed by atoms with van der Waals surface area (Å²) in [5.41, 5.74) is 1.47. The van der Waals surface area contributed by atoms with E-state index in [9.17, 15) is 4.39 Å². The van der Waals surface area contributed by atoms with Crippen LogP contribution in [0.25, 0.3) is 0 Å². The van der Waals surface area contributed by atoms with Crippen LogP contribution < -0.4 is 9.64 Å². The van der Waals surface area contributed by atoms with Gasteiger partial charge in [0.05, 0.1) is 34.5 Å². The van der Waals surface area contributed by atoms with Crippen LogP contribution in [0.5, 0.6) is 5.75 Å². The molecule has 1 aliphatic heterocycles. The number of anilines is 1. The molecule has 1 aromatic carbocycles.